The fourth-order valence-electron chi connectivity index (χ4n) is 3.85. The van der Waals surface area contributed by atoms with Gasteiger partial charge >= 0.3 is 0 Å². The van der Waals surface area contributed by atoms with Crippen LogP contribution in [0.1, 0.15) is 25.3 Å². The van der Waals surface area contributed by atoms with Gasteiger partial charge in [-0.05, 0) is 49.4 Å². The lowest BCUT2D eigenvalue weighted by Gasteiger charge is -2.30. The number of aromatic nitrogens is 2. The van der Waals surface area contributed by atoms with Crippen molar-refractivity contribution in [3.05, 3.63) is 35.9 Å². The molecule has 2 saturated heterocycles. The quantitative estimate of drug-likeness (QED) is 0.763. The van der Waals surface area contributed by atoms with Crippen LogP contribution in [0.2, 0.25) is 0 Å². The van der Waals surface area contributed by atoms with Gasteiger partial charge in [-0.1, -0.05) is 19.1 Å². The van der Waals surface area contributed by atoms with Crippen molar-refractivity contribution in [2.75, 3.05) is 44.3 Å². The van der Waals surface area contributed by atoms with Crippen molar-refractivity contribution < 1.29 is 13.2 Å². The maximum absolute atomic E-state index is 13.1. The molecule has 2 aromatic rings. The first-order valence-electron chi connectivity index (χ1n) is 10.2. The molecule has 8 heteroatoms. The zero-order valence-electron chi connectivity index (χ0n) is 17.0. The van der Waals surface area contributed by atoms with Gasteiger partial charge < -0.3 is 9.64 Å². The summed E-state index contributed by atoms with van der Waals surface area (Å²) in [6.07, 6.45) is 2.34. The zero-order valence-corrected chi connectivity index (χ0v) is 17.9. The fraction of sp³-hybridized carbons (Fsp3) is 0.524. The van der Waals surface area contributed by atoms with Crippen LogP contribution in [0.15, 0.2) is 35.2 Å². The summed E-state index contributed by atoms with van der Waals surface area (Å²) in [5, 5.41) is 8.80. The van der Waals surface area contributed by atoms with E-state index in [-0.39, 0.29) is 0 Å². The van der Waals surface area contributed by atoms with Crippen LogP contribution in [-0.2, 0) is 14.8 Å². The van der Waals surface area contributed by atoms with Gasteiger partial charge in [0.1, 0.15) is 0 Å². The highest BCUT2D eigenvalue weighted by molar-refractivity contribution is 7.89. The summed E-state index contributed by atoms with van der Waals surface area (Å²) in [7, 11) is -3.56. The molecule has 0 N–H and O–H groups in total. The van der Waals surface area contributed by atoms with Crippen molar-refractivity contribution in [2.24, 2.45) is 5.92 Å². The molecular weight excluding hydrogens is 388 g/mol. The van der Waals surface area contributed by atoms with Crippen molar-refractivity contribution in [2.45, 2.75) is 31.6 Å². The lowest BCUT2D eigenvalue weighted by Crippen LogP contribution is -2.40. The summed E-state index contributed by atoms with van der Waals surface area (Å²) in [4.78, 5) is 2.59. The van der Waals surface area contributed by atoms with Gasteiger partial charge in [-0.15, -0.1) is 10.2 Å². The van der Waals surface area contributed by atoms with E-state index in [2.05, 4.69) is 22.0 Å². The predicted octanol–water partition coefficient (Wildman–Crippen LogP) is 2.71. The minimum absolute atomic E-state index is 0.327. The van der Waals surface area contributed by atoms with E-state index in [9.17, 15) is 8.42 Å². The number of rotatable bonds is 4. The van der Waals surface area contributed by atoms with E-state index in [0.29, 0.717) is 36.9 Å². The Morgan fingerprint density at radius 3 is 2.38 bits per heavy atom. The first-order chi connectivity index (χ1) is 13.9. The predicted molar refractivity (Wildman–Crippen MR) is 112 cm³/mol. The number of ether oxygens (including phenoxy) is 1. The molecule has 7 nitrogen and oxygen atoms in total. The molecule has 2 aliphatic heterocycles. The highest BCUT2D eigenvalue weighted by Gasteiger charge is 2.28. The van der Waals surface area contributed by atoms with E-state index in [1.165, 1.54) is 17.1 Å². The van der Waals surface area contributed by atoms with Crippen LogP contribution in [0.25, 0.3) is 11.3 Å². The molecule has 29 heavy (non-hydrogen) atoms. The van der Waals surface area contributed by atoms with Gasteiger partial charge in [-0.25, -0.2) is 8.42 Å². The zero-order chi connectivity index (χ0) is 20.4. The molecule has 0 unspecified atom stereocenters. The number of nitrogens with zero attached hydrogens (tertiary/aromatic N) is 4. The molecule has 2 aliphatic rings. The average molecular weight is 417 g/mol. The molecule has 4 rings (SSSR count). The molecular formula is C21H28N4O3S. The number of sulfonamides is 1. The number of hydrogen-bond acceptors (Lipinski definition) is 6. The molecule has 1 aromatic heterocycles. The second kappa shape index (κ2) is 8.38. The number of benzene rings is 1. The standard InChI is InChI=1S/C21H28N4O3S/c1-16-7-9-24(10-8-16)21-6-5-19(22-23-21)18-4-3-17(2)20(15-18)29(26,27)25-11-13-28-14-12-25/h3-6,15-16H,7-14H2,1-2H3. The van der Waals surface area contributed by atoms with E-state index in [0.717, 1.165) is 36.0 Å². The summed E-state index contributed by atoms with van der Waals surface area (Å²) in [5.74, 6) is 1.65. The highest BCUT2D eigenvalue weighted by atomic mass is 32.2. The number of anilines is 1. The van der Waals surface area contributed by atoms with Crippen molar-refractivity contribution in [3.63, 3.8) is 0 Å². The van der Waals surface area contributed by atoms with Gasteiger partial charge in [0.2, 0.25) is 10.0 Å². The Hall–Kier alpha value is -2.03. The largest absolute Gasteiger partial charge is 0.379 e. The first kappa shape index (κ1) is 20.3. The summed E-state index contributed by atoms with van der Waals surface area (Å²) < 4.78 is 33.0. The Morgan fingerprint density at radius 1 is 1.00 bits per heavy atom. The van der Waals surface area contributed by atoms with E-state index in [1.807, 2.05) is 31.2 Å². The maximum atomic E-state index is 13.1. The minimum Gasteiger partial charge on any atom is -0.379 e. The van der Waals surface area contributed by atoms with Crippen LogP contribution in [0.4, 0.5) is 5.82 Å². The molecule has 1 aromatic carbocycles. The average Bonchev–Trinajstić information content (AvgIpc) is 2.75. The summed E-state index contributed by atoms with van der Waals surface area (Å²) in [5.41, 5.74) is 2.17. The third kappa shape index (κ3) is 4.29. The van der Waals surface area contributed by atoms with E-state index in [1.54, 1.807) is 6.07 Å². The second-order valence-corrected chi connectivity index (χ2v) is 9.85. The smallest absolute Gasteiger partial charge is 0.243 e. The van der Waals surface area contributed by atoms with E-state index < -0.39 is 10.0 Å². The first-order valence-corrected chi connectivity index (χ1v) is 11.7. The summed E-state index contributed by atoms with van der Waals surface area (Å²) >= 11 is 0. The van der Waals surface area contributed by atoms with Crippen LogP contribution >= 0.6 is 0 Å². The Labute approximate surface area is 172 Å². The summed E-state index contributed by atoms with van der Waals surface area (Å²) in [6.45, 7) is 7.74. The number of piperidine rings is 1. The molecule has 0 amide bonds. The fourth-order valence-corrected chi connectivity index (χ4v) is 5.51. The molecule has 156 valence electrons. The van der Waals surface area contributed by atoms with E-state index >= 15 is 0 Å². The van der Waals surface area contributed by atoms with Gasteiger partial charge in [0.15, 0.2) is 5.82 Å². The van der Waals surface area contributed by atoms with Crippen LogP contribution in [0.5, 0.6) is 0 Å². The lowest BCUT2D eigenvalue weighted by molar-refractivity contribution is 0.0730. The Balaban J connectivity index is 1.58. The molecule has 2 fully saturated rings. The van der Waals surface area contributed by atoms with Gasteiger partial charge in [0.05, 0.1) is 23.8 Å². The molecule has 0 saturated carbocycles. The van der Waals surface area contributed by atoms with Gasteiger partial charge in [0.25, 0.3) is 0 Å². The molecule has 0 aliphatic carbocycles. The molecule has 0 bridgehead atoms. The number of aryl methyl sites for hydroxylation is 1. The van der Waals surface area contributed by atoms with Gasteiger partial charge in [-0.2, -0.15) is 4.31 Å². The van der Waals surface area contributed by atoms with Crippen molar-refractivity contribution in [1.82, 2.24) is 14.5 Å². The Bertz CT molecular complexity index is 948. The van der Waals surface area contributed by atoms with Gasteiger partial charge in [-0.3, -0.25) is 0 Å². The van der Waals surface area contributed by atoms with Gasteiger partial charge in [0, 0.05) is 31.7 Å². The van der Waals surface area contributed by atoms with Crippen molar-refractivity contribution >= 4 is 15.8 Å². The lowest BCUT2D eigenvalue weighted by atomic mass is 9.99. The SMILES string of the molecule is Cc1ccc(-c2ccc(N3CCC(C)CC3)nn2)cc1S(=O)(=O)N1CCOCC1. The number of hydrogen-bond donors (Lipinski definition) is 0. The topological polar surface area (TPSA) is 75.6 Å². The van der Waals surface area contributed by atoms with Crippen LogP contribution in [0.3, 0.4) is 0 Å². The van der Waals surface area contributed by atoms with Crippen molar-refractivity contribution in [3.8, 4) is 11.3 Å². The Morgan fingerprint density at radius 2 is 1.72 bits per heavy atom. The maximum Gasteiger partial charge on any atom is 0.243 e. The van der Waals surface area contributed by atoms with E-state index in [4.69, 9.17) is 4.74 Å². The monoisotopic (exact) mass is 416 g/mol. The molecule has 0 spiro atoms. The molecule has 3 heterocycles. The number of morpholine rings is 1. The van der Waals surface area contributed by atoms with Crippen molar-refractivity contribution in [1.29, 1.82) is 0 Å². The van der Waals surface area contributed by atoms with Crippen LogP contribution in [0, 0.1) is 12.8 Å². The summed E-state index contributed by atoms with van der Waals surface area (Å²) in [6, 6.07) is 9.36. The Kier molecular flexibility index (Phi) is 5.85. The second-order valence-electron chi connectivity index (χ2n) is 7.94. The highest BCUT2D eigenvalue weighted by Crippen LogP contribution is 2.28. The van der Waals surface area contributed by atoms with Crippen LogP contribution < -0.4 is 4.90 Å². The molecule has 0 atom stereocenters. The minimum atomic E-state index is -3.56. The molecule has 0 radical (unpaired) electrons. The normalized spacial score (nSPS) is 19.4. The third-order valence-electron chi connectivity index (χ3n) is 5.83. The third-order valence-corrected chi connectivity index (χ3v) is 7.87. The van der Waals surface area contributed by atoms with Crippen LogP contribution in [-0.4, -0.2) is 62.3 Å².